The molecule has 1 fully saturated rings. The van der Waals surface area contributed by atoms with Crippen LogP contribution in [0.15, 0.2) is 67.1 Å². The van der Waals surface area contributed by atoms with Crippen molar-refractivity contribution in [3.8, 4) is 17.2 Å². The Labute approximate surface area is 189 Å². The van der Waals surface area contributed by atoms with Crippen molar-refractivity contribution in [3.05, 3.63) is 72.7 Å². The predicted octanol–water partition coefficient (Wildman–Crippen LogP) is 1.71. The molecule has 0 radical (unpaired) electrons. The quantitative estimate of drug-likeness (QED) is 0.429. The fourth-order valence-corrected chi connectivity index (χ4v) is 3.30. The van der Waals surface area contributed by atoms with Crippen LogP contribution < -0.4 is 15.8 Å². The van der Waals surface area contributed by atoms with Gasteiger partial charge in [0.25, 0.3) is 11.9 Å². The number of nitrogens with zero attached hydrogens (tertiary/aromatic N) is 7. The molecule has 1 aromatic carbocycles. The van der Waals surface area contributed by atoms with Gasteiger partial charge in [-0.15, -0.1) is 0 Å². The van der Waals surface area contributed by atoms with Crippen LogP contribution in [0.25, 0.3) is 17.2 Å². The lowest BCUT2D eigenvalue weighted by Crippen LogP contribution is -2.38. The molecule has 0 bridgehead atoms. The largest absolute Gasteiger partial charge is 0.378 e. The highest BCUT2D eigenvalue weighted by Crippen LogP contribution is 2.19. The van der Waals surface area contributed by atoms with Gasteiger partial charge in [-0.25, -0.2) is 4.68 Å². The molecular weight excluding hydrogens is 422 g/mol. The summed E-state index contributed by atoms with van der Waals surface area (Å²) in [6, 6.07) is 15.0. The van der Waals surface area contributed by atoms with Gasteiger partial charge in [0.05, 0.1) is 18.9 Å². The summed E-state index contributed by atoms with van der Waals surface area (Å²) in [6.07, 6.45) is 4.89. The van der Waals surface area contributed by atoms with Crippen molar-refractivity contribution in [2.45, 2.75) is 0 Å². The molecular formula is C22H21N9O2. The van der Waals surface area contributed by atoms with Gasteiger partial charge in [0.2, 0.25) is 11.9 Å². The third-order valence-corrected chi connectivity index (χ3v) is 5.00. The second-order valence-corrected chi connectivity index (χ2v) is 7.19. The molecule has 0 atom stereocenters. The number of anilines is 2. The van der Waals surface area contributed by atoms with Crippen LogP contribution in [0.3, 0.4) is 0 Å². The van der Waals surface area contributed by atoms with Crippen LogP contribution in [0.4, 0.5) is 11.9 Å². The summed E-state index contributed by atoms with van der Waals surface area (Å²) < 4.78 is 7.03. The molecule has 5 rings (SSSR count). The van der Waals surface area contributed by atoms with E-state index in [9.17, 15) is 4.79 Å². The number of carbonyl (C=O) groups excluding carboxylic acids is 1. The Morgan fingerprint density at radius 3 is 2.45 bits per heavy atom. The molecule has 2 N–H and O–H groups in total. The van der Waals surface area contributed by atoms with Crippen molar-refractivity contribution in [2.24, 2.45) is 0 Å². The lowest BCUT2D eigenvalue weighted by atomic mass is 10.2. The fourth-order valence-electron chi connectivity index (χ4n) is 3.30. The van der Waals surface area contributed by atoms with E-state index < -0.39 is 0 Å². The average Bonchev–Trinajstić information content (AvgIpc) is 3.39. The maximum absolute atomic E-state index is 12.4. The summed E-state index contributed by atoms with van der Waals surface area (Å²) in [6.45, 7) is 2.48. The van der Waals surface area contributed by atoms with Gasteiger partial charge in [-0.3, -0.25) is 20.6 Å². The molecule has 0 saturated carbocycles. The molecule has 11 nitrogen and oxygen atoms in total. The van der Waals surface area contributed by atoms with Crippen LogP contribution in [0.5, 0.6) is 0 Å². The average molecular weight is 443 g/mol. The minimum Gasteiger partial charge on any atom is -0.378 e. The van der Waals surface area contributed by atoms with Crippen molar-refractivity contribution in [1.82, 2.24) is 35.1 Å². The molecule has 166 valence electrons. The summed E-state index contributed by atoms with van der Waals surface area (Å²) in [5.74, 6) is 0.661. The van der Waals surface area contributed by atoms with E-state index in [0.717, 1.165) is 11.3 Å². The smallest absolute Gasteiger partial charge is 0.269 e. The molecule has 11 heteroatoms. The maximum Gasteiger partial charge on any atom is 0.269 e. The number of morpholine rings is 1. The summed E-state index contributed by atoms with van der Waals surface area (Å²) in [7, 11) is 0. The van der Waals surface area contributed by atoms with E-state index in [2.05, 4.69) is 35.9 Å². The van der Waals surface area contributed by atoms with Gasteiger partial charge in [0.1, 0.15) is 0 Å². The number of hydrogen-bond donors (Lipinski definition) is 2. The van der Waals surface area contributed by atoms with Crippen molar-refractivity contribution in [2.75, 3.05) is 36.6 Å². The van der Waals surface area contributed by atoms with E-state index in [1.54, 1.807) is 35.4 Å². The lowest BCUT2D eigenvalue weighted by molar-refractivity contribution is 0.0962. The first kappa shape index (κ1) is 20.5. The number of nitrogens with one attached hydrogen (secondary N) is 2. The van der Waals surface area contributed by atoms with Crippen LogP contribution in [0, 0.1) is 0 Å². The van der Waals surface area contributed by atoms with E-state index in [4.69, 9.17) is 4.74 Å². The highest BCUT2D eigenvalue weighted by atomic mass is 16.5. The highest BCUT2D eigenvalue weighted by molar-refractivity contribution is 5.94. The number of amides is 1. The molecule has 1 saturated heterocycles. The van der Waals surface area contributed by atoms with Gasteiger partial charge in [-0.1, -0.05) is 30.3 Å². The fraction of sp³-hybridized carbons (Fsp3) is 0.182. The van der Waals surface area contributed by atoms with Gasteiger partial charge in [-0.2, -0.15) is 20.1 Å². The zero-order chi connectivity index (χ0) is 22.5. The number of rotatable bonds is 6. The molecule has 1 aliphatic heterocycles. The van der Waals surface area contributed by atoms with Gasteiger partial charge >= 0.3 is 0 Å². The Morgan fingerprint density at radius 1 is 0.909 bits per heavy atom. The Kier molecular flexibility index (Phi) is 5.85. The lowest BCUT2D eigenvalue weighted by Gasteiger charge is -2.27. The molecule has 1 amide bonds. The molecule has 33 heavy (non-hydrogen) atoms. The van der Waals surface area contributed by atoms with Crippen molar-refractivity contribution >= 4 is 17.8 Å². The Hall–Kier alpha value is -4.38. The molecule has 0 spiro atoms. The Balaban J connectivity index is 1.43. The molecule has 3 aromatic heterocycles. The SMILES string of the molecule is O=C(NNc1nc(N2CCOCC2)nc(-n2ccc(-c3ccccc3)n2)n1)c1ccncc1. The van der Waals surface area contributed by atoms with Gasteiger partial charge in [-0.05, 0) is 18.2 Å². The van der Waals surface area contributed by atoms with E-state index in [1.165, 1.54) is 0 Å². The number of hydrogen-bond acceptors (Lipinski definition) is 9. The zero-order valence-corrected chi connectivity index (χ0v) is 17.6. The predicted molar refractivity (Wildman–Crippen MR) is 121 cm³/mol. The first-order valence-electron chi connectivity index (χ1n) is 10.4. The summed E-state index contributed by atoms with van der Waals surface area (Å²) in [5.41, 5.74) is 7.64. The van der Waals surface area contributed by atoms with Gasteiger partial charge in [0, 0.05) is 42.8 Å². The van der Waals surface area contributed by atoms with Gasteiger partial charge in [0.15, 0.2) is 0 Å². The Morgan fingerprint density at radius 2 is 1.67 bits per heavy atom. The van der Waals surface area contributed by atoms with E-state index in [1.807, 2.05) is 41.3 Å². The van der Waals surface area contributed by atoms with Gasteiger partial charge < -0.3 is 9.64 Å². The second kappa shape index (κ2) is 9.40. The highest BCUT2D eigenvalue weighted by Gasteiger charge is 2.18. The van der Waals surface area contributed by atoms with E-state index in [0.29, 0.717) is 43.8 Å². The number of hydrazine groups is 1. The summed E-state index contributed by atoms with van der Waals surface area (Å²) in [4.78, 5) is 31.9. The van der Waals surface area contributed by atoms with Crippen molar-refractivity contribution in [3.63, 3.8) is 0 Å². The maximum atomic E-state index is 12.4. The second-order valence-electron chi connectivity index (χ2n) is 7.19. The molecule has 0 unspecified atom stereocenters. The van der Waals surface area contributed by atoms with E-state index in [-0.39, 0.29) is 11.9 Å². The number of benzene rings is 1. The minimum absolute atomic E-state index is 0.195. The number of carbonyl (C=O) groups is 1. The third-order valence-electron chi connectivity index (χ3n) is 5.00. The van der Waals surface area contributed by atoms with Crippen LogP contribution in [0.2, 0.25) is 0 Å². The first-order chi connectivity index (χ1) is 16.3. The first-order valence-corrected chi connectivity index (χ1v) is 10.4. The Bertz CT molecular complexity index is 1230. The van der Waals surface area contributed by atoms with Crippen molar-refractivity contribution < 1.29 is 9.53 Å². The minimum atomic E-state index is -0.335. The third kappa shape index (κ3) is 4.77. The number of aromatic nitrogens is 6. The molecule has 1 aliphatic rings. The standard InChI is InChI=1S/C22H21N9O2/c32-19(17-6-9-23-10-7-17)27-28-20-24-21(30-12-14-33-15-13-30)26-22(25-20)31-11-8-18(29-31)16-4-2-1-3-5-16/h1-11H,12-15H2,(H,27,32)(H,24,25,26,28). The van der Waals surface area contributed by atoms with Crippen LogP contribution in [-0.2, 0) is 4.74 Å². The summed E-state index contributed by atoms with van der Waals surface area (Å²) >= 11 is 0. The van der Waals surface area contributed by atoms with Crippen LogP contribution in [-0.4, -0.2) is 61.9 Å². The monoisotopic (exact) mass is 443 g/mol. The van der Waals surface area contributed by atoms with Crippen molar-refractivity contribution in [1.29, 1.82) is 0 Å². The molecule has 4 heterocycles. The van der Waals surface area contributed by atoms with Crippen LogP contribution in [0.1, 0.15) is 10.4 Å². The number of pyridine rings is 1. The molecule has 0 aliphatic carbocycles. The molecule has 4 aromatic rings. The zero-order valence-electron chi connectivity index (χ0n) is 17.6. The number of ether oxygens (including phenoxy) is 1. The summed E-state index contributed by atoms with van der Waals surface area (Å²) in [5, 5.41) is 4.62. The topological polar surface area (TPSA) is 123 Å². The normalized spacial score (nSPS) is 13.5. The van der Waals surface area contributed by atoms with E-state index >= 15 is 0 Å². The van der Waals surface area contributed by atoms with Crippen LogP contribution >= 0.6 is 0 Å².